The zero-order valence-corrected chi connectivity index (χ0v) is 14.4. The normalized spacial score (nSPS) is 27.6. The fourth-order valence-electron chi connectivity index (χ4n) is 3.16. The first-order valence-corrected chi connectivity index (χ1v) is 7.75. The highest BCUT2D eigenvalue weighted by atomic mass is 16.6. The highest BCUT2D eigenvalue weighted by Crippen LogP contribution is 2.50. The molecule has 1 N–H and O–H groups in total. The van der Waals surface area contributed by atoms with E-state index < -0.39 is 5.60 Å². The molecule has 0 radical (unpaired) electrons. The first kappa shape index (κ1) is 16.7. The number of nitrogens with zero attached hydrogens (tertiary/aromatic N) is 4. The van der Waals surface area contributed by atoms with Crippen LogP contribution in [0.3, 0.4) is 0 Å². The molecule has 7 heteroatoms. The molecule has 0 bridgehead atoms. The molecule has 1 aromatic heterocycles. The Bertz CT molecular complexity index is 521. The van der Waals surface area contributed by atoms with E-state index in [1.54, 1.807) is 11.0 Å². The number of nitrogens with one attached hydrogen (secondary N) is 1. The summed E-state index contributed by atoms with van der Waals surface area (Å²) in [6.45, 7) is 12.8. The van der Waals surface area contributed by atoms with Gasteiger partial charge in [-0.05, 0) is 62.3 Å². The Kier molecular flexibility index (Phi) is 4.19. The molecule has 7 nitrogen and oxygen atoms in total. The lowest BCUT2D eigenvalue weighted by Crippen LogP contribution is -2.55. The molecule has 1 heterocycles. The molecule has 22 heavy (non-hydrogen) atoms. The van der Waals surface area contributed by atoms with Gasteiger partial charge >= 0.3 is 6.09 Å². The van der Waals surface area contributed by atoms with Crippen molar-refractivity contribution in [3.05, 3.63) is 6.33 Å². The Hall–Kier alpha value is -1.66. The number of carbonyl (C=O) groups excluding carboxylic acids is 1. The van der Waals surface area contributed by atoms with Crippen molar-refractivity contribution in [3.8, 4) is 0 Å². The summed E-state index contributed by atoms with van der Waals surface area (Å²) in [6, 6.07) is 0. The largest absolute Gasteiger partial charge is 0.444 e. The first-order valence-electron chi connectivity index (χ1n) is 7.75. The summed E-state index contributed by atoms with van der Waals surface area (Å²) in [5.74, 6) is 0.385. The van der Waals surface area contributed by atoms with Crippen molar-refractivity contribution in [2.45, 2.75) is 72.1 Å². The molecule has 1 saturated carbocycles. The van der Waals surface area contributed by atoms with Gasteiger partial charge in [0.1, 0.15) is 11.9 Å². The Morgan fingerprint density at radius 2 is 2.09 bits per heavy atom. The van der Waals surface area contributed by atoms with Gasteiger partial charge < -0.3 is 10.1 Å². The van der Waals surface area contributed by atoms with Crippen LogP contribution in [0.25, 0.3) is 0 Å². The van der Waals surface area contributed by atoms with Crippen molar-refractivity contribution in [1.29, 1.82) is 0 Å². The molecule has 0 aliphatic heterocycles. The molecule has 0 saturated heterocycles. The number of hydrogen-bond acceptors (Lipinski definition) is 5. The van der Waals surface area contributed by atoms with Crippen LogP contribution < -0.4 is 5.32 Å². The lowest BCUT2D eigenvalue weighted by molar-refractivity contribution is 0.0339. The monoisotopic (exact) mass is 309 g/mol. The molecular formula is C15H27N5O2. The third-order valence-electron chi connectivity index (χ3n) is 5.01. The van der Waals surface area contributed by atoms with Gasteiger partial charge in [0, 0.05) is 12.1 Å². The van der Waals surface area contributed by atoms with Crippen LogP contribution in [0.2, 0.25) is 0 Å². The second-order valence-corrected chi connectivity index (χ2v) is 7.95. The predicted molar refractivity (Wildman–Crippen MR) is 82.1 cm³/mol. The predicted octanol–water partition coefficient (Wildman–Crippen LogP) is 2.39. The highest BCUT2D eigenvalue weighted by molar-refractivity contribution is 5.69. The maximum absolute atomic E-state index is 12.2. The molecule has 2 unspecified atom stereocenters. The summed E-state index contributed by atoms with van der Waals surface area (Å²) in [7, 11) is 0. The first-order chi connectivity index (χ1) is 10.0. The highest BCUT2D eigenvalue weighted by Gasteiger charge is 2.52. The molecule has 1 aromatic rings. The molecule has 2 rings (SSSR count). The van der Waals surface area contributed by atoms with E-state index >= 15 is 0 Å². The van der Waals surface area contributed by atoms with E-state index in [0.29, 0.717) is 5.92 Å². The number of rotatable bonds is 3. The van der Waals surface area contributed by atoms with Gasteiger partial charge in [-0.2, -0.15) is 0 Å². The average Bonchev–Trinajstić information content (AvgIpc) is 2.90. The van der Waals surface area contributed by atoms with E-state index in [0.717, 1.165) is 19.4 Å². The quantitative estimate of drug-likeness (QED) is 0.927. The summed E-state index contributed by atoms with van der Waals surface area (Å²) < 4.78 is 7.17. The number of amides is 1. The van der Waals surface area contributed by atoms with Crippen molar-refractivity contribution in [2.24, 2.45) is 11.3 Å². The zero-order chi connectivity index (χ0) is 16.6. The SMILES string of the molecule is CC(C)(C)OC(=O)NC1(C)CCC(Cn2cnnn2)C1(C)C. The maximum Gasteiger partial charge on any atom is 0.408 e. The summed E-state index contributed by atoms with van der Waals surface area (Å²) >= 11 is 0. The van der Waals surface area contributed by atoms with Gasteiger partial charge in [-0.3, -0.25) is 0 Å². The maximum atomic E-state index is 12.2. The molecule has 0 spiro atoms. The molecule has 2 atom stereocenters. The number of tetrazole rings is 1. The van der Waals surface area contributed by atoms with Crippen LogP contribution in [0.5, 0.6) is 0 Å². The fraction of sp³-hybridized carbons (Fsp3) is 0.867. The van der Waals surface area contributed by atoms with E-state index in [4.69, 9.17) is 4.74 Å². The summed E-state index contributed by atoms with van der Waals surface area (Å²) in [5.41, 5.74) is -0.890. The third-order valence-corrected chi connectivity index (χ3v) is 5.01. The minimum Gasteiger partial charge on any atom is -0.444 e. The van der Waals surface area contributed by atoms with Gasteiger partial charge in [0.15, 0.2) is 0 Å². The van der Waals surface area contributed by atoms with E-state index in [-0.39, 0.29) is 17.0 Å². The van der Waals surface area contributed by atoms with Gasteiger partial charge in [0.25, 0.3) is 0 Å². The molecular weight excluding hydrogens is 282 g/mol. The van der Waals surface area contributed by atoms with Crippen molar-refractivity contribution in [2.75, 3.05) is 0 Å². The summed E-state index contributed by atoms with van der Waals surface area (Å²) in [5, 5.41) is 14.4. The van der Waals surface area contributed by atoms with Crippen LogP contribution in [0, 0.1) is 11.3 Å². The number of ether oxygens (including phenoxy) is 1. The molecule has 0 aromatic carbocycles. The smallest absolute Gasteiger partial charge is 0.408 e. The van der Waals surface area contributed by atoms with Gasteiger partial charge in [-0.25, -0.2) is 9.48 Å². The van der Waals surface area contributed by atoms with E-state index in [1.165, 1.54) is 0 Å². The number of hydrogen-bond donors (Lipinski definition) is 1. The molecule has 1 aliphatic rings. The fourth-order valence-corrected chi connectivity index (χ4v) is 3.16. The van der Waals surface area contributed by atoms with Gasteiger partial charge in [-0.15, -0.1) is 5.10 Å². The number of carbonyl (C=O) groups is 1. The van der Waals surface area contributed by atoms with Crippen molar-refractivity contribution < 1.29 is 9.53 Å². The van der Waals surface area contributed by atoms with Crippen molar-refractivity contribution >= 4 is 6.09 Å². The summed E-state index contributed by atoms with van der Waals surface area (Å²) in [4.78, 5) is 12.2. The standard InChI is InChI=1S/C15H27N5O2/c1-13(2,3)22-12(21)17-15(6)8-7-11(14(15,4)5)9-20-10-16-18-19-20/h10-11H,7-9H2,1-6H3,(H,17,21). The van der Waals surface area contributed by atoms with Gasteiger partial charge in [0.05, 0.1) is 0 Å². The third kappa shape index (κ3) is 3.39. The van der Waals surface area contributed by atoms with Crippen LogP contribution in [-0.2, 0) is 11.3 Å². The van der Waals surface area contributed by atoms with E-state index in [2.05, 4.69) is 41.6 Å². The van der Waals surface area contributed by atoms with Crippen LogP contribution in [0.1, 0.15) is 54.4 Å². The second kappa shape index (κ2) is 5.52. The van der Waals surface area contributed by atoms with Crippen LogP contribution in [-0.4, -0.2) is 37.4 Å². The topological polar surface area (TPSA) is 81.9 Å². The van der Waals surface area contributed by atoms with E-state index in [9.17, 15) is 4.79 Å². The molecule has 1 fully saturated rings. The molecule has 1 aliphatic carbocycles. The molecule has 124 valence electrons. The van der Waals surface area contributed by atoms with E-state index in [1.807, 2.05) is 20.8 Å². The van der Waals surface area contributed by atoms with Crippen LogP contribution in [0.15, 0.2) is 6.33 Å². The van der Waals surface area contributed by atoms with Crippen LogP contribution >= 0.6 is 0 Å². The number of alkyl carbamates (subject to hydrolysis) is 1. The molecule has 1 amide bonds. The summed E-state index contributed by atoms with van der Waals surface area (Å²) in [6.07, 6.45) is 3.20. The second-order valence-electron chi connectivity index (χ2n) is 7.95. The Morgan fingerprint density at radius 3 is 2.64 bits per heavy atom. The lowest BCUT2D eigenvalue weighted by Gasteiger charge is -2.42. The Morgan fingerprint density at radius 1 is 1.41 bits per heavy atom. The lowest BCUT2D eigenvalue weighted by atomic mass is 9.71. The Labute approximate surface area is 131 Å². The van der Waals surface area contributed by atoms with Gasteiger partial charge in [0.2, 0.25) is 0 Å². The van der Waals surface area contributed by atoms with Gasteiger partial charge in [-0.1, -0.05) is 13.8 Å². The number of aromatic nitrogens is 4. The minimum absolute atomic E-state index is 0.0874. The minimum atomic E-state index is -0.491. The zero-order valence-electron chi connectivity index (χ0n) is 14.4. The van der Waals surface area contributed by atoms with Crippen LogP contribution in [0.4, 0.5) is 4.79 Å². The average molecular weight is 309 g/mol. The Balaban J connectivity index is 2.06. The van der Waals surface area contributed by atoms with Crippen molar-refractivity contribution in [1.82, 2.24) is 25.5 Å². The van der Waals surface area contributed by atoms with Crippen molar-refractivity contribution in [3.63, 3.8) is 0 Å².